The van der Waals surface area contributed by atoms with Crippen LogP contribution in [0.5, 0.6) is 0 Å². The lowest BCUT2D eigenvalue weighted by Crippen LogP contribution is -2.38. The first-order valence-electron chi connectivity index (χ1n) is 10.1. The van der Waals surface area contributed by atoms with E-state index in [-0.39, 0.29) is 19.8 Å². The number of para-hydroxylation sites is 1. The van der Waals surface area contributed by atoms with E-state index in [1.54, 1.807) is 12.1 Å². The lowest BCUT2D eigenvalue weighted by Gasteiger charge is -2.36. The summed E-state index contributed by atoms with van der Waals surface area (Å²) in [5.41, 5.74) is 0.704. The zero-order chi connectivity index (χ0) is 21.4. The average Bonchev–Trinajstić information content (AvgIpc) is 2.75. The summed E-state index contributed by atoms with van der Waals surface area (Å²) in [4.78, 5) is 25.3. The van der Waals surface area contributed by atoms with Gasteiger partial charge in [-0.3, -0.25) is 0 Å². The Morgan fingerprint density at radius 2 is 1.57 bits per heavy atom. The van der Waals surface area contributed by atoms with Gasteiger partial charge in [-0.2, -0.15) is 0 Å². The molecule has 0 atom stereocenters. The molecule has 2 aromatic carbocycles. The molecule has 1 N–H and O–H groups in total. The van der Waals surface area contributed by atoms with E-state index in [0.29, 0.717) is 11.4 Å². The number of carbonyl (C=O) groups is 2. The van der Waals surface area contributed by atoms with Crippen LogP contribution in [-0.2, 0) is 14.3 Å². The molecule has 0 aromatic heterocycles. The number of carboxylic acid groups (broad SMARTS) is 1. The standard InChI is InChI=1S/C23H26FNO5/c24-18-9-11-20(12-10-18)25(19-7-3-1-4-8-19)22(28)30-17-23(13-5-2-6-14-23)16-29-15-21(26)27/h1,3-4,7-12H,2,5-6,13-17H2,(H,26,27). The number of ether oxygens (including phenoxy) is 2. The van der Waals surface area contributed by atoms with Crippen molar-refractivity contribution < 1.29 is 28.6 Å². The van der Waals surface area contributed by atoms with E-state index in [4.69, 9.17) is 14.6 Å². The number of hydrogen-bond acceptors (Lipinski definition) is 4. The summed E-state index contributed by atoms with van der Waals surface area (Å²) in [6.07, 6.45) is 4.10. The number of hydrogen-bond donors (Lipinski definition) is 1. The minimum atomic E-state index is -1.02. The zero-order valence-corrected chi connectivity index (χ0v) is 16.8. The third kappa shape index (κ3) is 5.79. The SMILES string of the molecule is O=C(O)COCC1(COC(=O)N(c2ccccc2)c2ccc(F)cc2)CCCCC1. The number of carboxylic acids is 1. The second-order valence-corrected chi connectivity index (χ2v) is 7.65. The molecule has 0 spiro atoms. The molecule has 2 aromatic rings. The third-order valence-electron chi connectivity index (χ3n) is 5.33. The molecule has 3 rings (SSSR count). The maximum Gasteiger partial charge on any atom is 0.418 e. The molecular formula is C23H26FNO5. The fraction of sp³-hybridized carbons (Fsp3) is 0.391. The highest BCUT2D eigenvalue weighted by Crippen LogP contribution is 2.37. The summed E-state index contributed by atoms with van der Waals surface area (Å²) in [6, 6.07) is 14.6. The van der Waals surface area contributed by atoms with Gasteiger partial charge in [-0.05, 0) is 49.2 Å². The summed E-state index contributed by atoms with van der Waals surface area (Å²) in [5.74, 6) is -1.42. The van der Waals surface area contributed by atoms with Crippen LogP contribution < -0.4 is 4.90 Å². The molecule has 1 aliphatic rings. The molecule has 0 bridgehead atoms. The van der Waals surface area contributed by atoms with Crippen molar-refractivity contribution in [3.05, 3.63) is 60.4 Å². The van der Waals surface area contributed by atoms with E-state index in [9.17, 15) is 14.0 Å². The fourth-order valence-electron chi connectivity index (χ4n) is 3.79. The van der Waals surface area contributed by atoms with Crippen molar-refractivity contribution in [1.29, 1.82) is 0 Å². The van der Waals surface area contributed by atoms with Crippen LogP contribution in [0.2, 0.25) is 0 Å². The number of carbonyl (C=O) groups excluding carboxylic acids is 1. The number of anilines is 2. The van der Waals surface area contributed by atoms with Gasteiger partial charge >= 0.3 is 12.1 Å². The summed E-state index contributed by atoms with van der Waals surface area (Å²) in [5, 5.41) is 8.85. The minimum Gasteiger partial charge on any atom is -0.480 e. The molecule has 160 valence electrons. The van der Waals surface area contributed by atoms with Crippen LogP contribution in [0.1, 0.15) is 32.1 Å². The van der Waals surface area contributed by atoms with Gasteiger partial charge < -0.3 is 14.6 Å². The highest BCUT2D eigenvalue weighted by Gasteiger charge is 2.35. The van der Waals surface area contributed by atoms with Crippen LogP contribution in [-0.4, -0.2) is 37.0 Å². The maximum absolute atomic E-state index is 13.4. The lowest BCUT2D eigenvalue weighted by molar-refractivity contribution is -0.144. The highest BCUT2D eigenvalue weighted by atomic mass is 19.1. The molecule has 1 saturated carbocycles. The van der Waals surface area contributed by atoms with E-state index >= 15 is 0 Å². The highest BCUT2D eigenvalue weighted by molar-refractivity contribution is 5.95. The predicted molar refractivity (Wildman–Crippen MR) is 110 cm³/mol. The monoisotopic (exact) mass is 415 g/mol. The molecule has 1 fully saturated rings. The first kappa shape index (κ1) is 21.8. The molecule has 1 amide bonds. The van der Waals surface area contributed by atoms with Crippen LogP contribution in [0.4, 0.5) is 20.6 Å². The predicted octanol–water partition coefficient (Wildman–Crippen LogP) is 5.15. The Balaban J connectivity index is 1.75. The smallest absolute Gasteiger partial charge is 0.418 e. The molecule has 0 saturated heterocycles. The van der Waals surface area contributed by atoms with Crippen molar-refractivity contribution >= 4 is 23.4 Å². The lowest BCUT2D eigenvalue weighted by atomic mass is 9.75. The van der Waals surface area contributed by atoms with Crippen molar-refractivity contribution in [1.82, 2.24) is 0 Å². The summed E-state index contributed by atoms with van der Waals surface area (Å²) < 4.78 is 24.5. The van der Waals surface area contributed by atoms with E-state index in [0.717, 1.165) is 32.1 Å². The van der Waals surface area contributed by atoms with Gasteiger partial charge in [0.2, 0.25) is 0 Å². The van der Waals surface area contributed by atoms with E-state index in [2.05, 4.69) is 0 Å². The average molecular weight is 415 g/mol. The fourth-order valence-corrected chi connectivity index (χ4v) is 3.79. The van der Waals surface area contributed by atoms with Crippen molar-refractivity contribution in [2.24, 2.45) is 5.41 Å². The van der Waals surface area contributed by atoms with Crippen molar-refractivity contribution in [2.75, 3.05) is 24.7 Å². The molecule has 0 unspecified atom stereocenters. The van der Waals surface area contributed by atoms with Gasteiger partial charge in [-0.15, -0.1) is 0 Å². The molecule has 30 heavy (non-hydrogen) atoms. The Labute approximate surface area is 175 Å². The number of nitrogens with zero attached hydrogens (tertiary/aromatic N) is 1. The minimum absolute atomic E-state index is 0.135. The third-order valence-corrected chi connectivity index (χ3v) is 5.33. The second kappa shape index (κ2) is 10.2. The van der Waals surface area contributed by atoms with Gasteiger partial charge in [-0.25, -0.2) is 18.9 Å². The summed E-state index contributed by atoms with van der Waals surface area (Å²) in [6.45, 7) is -0.00807. The van der Waals surface area contributed by atoms with Crippen LogP contribution >= 0.6 is 0 Å². The molecule has 1 aliphatic carbocycles. The first-order chi connectivity index (χ1) is 14.5. The molecule has 0 radical (unpaired) electrons. The summed E-state index contributed by atoms with van der Waals surface area (Å²) >= 11 is 0. The Morgan fingerprint density at radius 3 is 2.20 bits per heavy atom. The van der Waals surface area contributed by atoms with Crippen molar-refractivity contribution in [2.45, 2.75) is 32.1 Å². The van der Waals surface area contributed by atoms with Crippen LogP contribution in [0.25, 0.3) is 0 Å². The second-order valence-electron chi connectivity index (χ2n) is 7.65. The van der Waals surface area contributed by atoms with E-state index in [1.807, 2.05) is 18.2 Å². The van der Waals surface area contributed by atoms with Crippen LogP contribution in [0, 0.1) is 11.2 Å². The van der Waals surface area contributed by atoms with Gasteiger partial charge in [0, 0.05) is 5.41 Å². The molecular weight excluding hydrogens is 389 g/mol. The Hall–Kier alpha value is -2.93. The zero-order valence-electron chi connectivity index (χ0n) is 16.8. The Kier molecular flexibility index (Phi) is 7.41. The molecule has 0 heterocycles. The van der Waals surface area contributed by atoms with E-state index in [1.165, 1.54) is 29.2 Å². The van der Waals surface area contributed by atoms with Crippen molar-refractivity contribution in [3.8, 4) is 0 Å². The Morgan fingerprint density at radius 1 is 0.933 bits per heavy atom. The van der Waals surface area contributed by atoms with Gasteiger partial charge in [-0.1, -0.05) is 37.5 Å². The molecule has 7 heteroatoms. The Bertz CT molecular complexity index is 834. The first-order valence-corrected chi connectivity index (χ1v) is 10.1. The summed E-state index contributed by atoms with van der Waals surface area (Å²) in [7, 11) is 0. The topological polar surface area (TPSA) is 76.1 Å². The van der Waals surface area contributed by atoms with Gasteiger partial charge in [0.15, 0.2) is 0 Å². The quantitative estimate of drug-likeness (QED) is 0.645. The number of benzene rings is 2. The number of rotatable bonds is 8. The largest absolute Gasteiger partial charge is 0.480 e. The van der Waals surface area contributed by atoms with Crippen LogP contribution in [0.3, 0.4) is 0 Å². The van der Waals surface area contributed by atoms with Gasteiger partial charge in [0.05, 0.1) is 18.0 Å². The number of aliphatic carboxylic acids is 1. The van der Waals surface area contributed by atoms with Gasteiger partial charge in [0.1, 0.15) is 19.0 Å². The normalized spacial score (nSPS) is 15.4. The van der Waals surface area contributed by atoms with Crippen LogP contribution in [0.15, 0.2) is 54.6 Å². The maximum atomic E-state index is 13.4. The molecule has 0 aliphatic heterocycles. The number of amides is 1. The number of halogens is 1. The van der Waals surface area contributed by atoms with Crippen molar-refractivity contribution in [3.63, 3.8) is 0 Å². The molecule has 6 nitrogen and oxygen atoms in total. The van der Waals surface area contributed by atoms with E-state index < -0.39 is 23.3 Å². The van der Waals surface area contributed by atoms with Gasteiger partial charge in [0.25, 0.3) is 0 Å².